The van der Waals surface area contributed by atoms with E-state index in [2.05, 4.69) is 26.0 Å². The number of methoxy groups -OCH3 is 1. The molecule has 0 spiro atoms. The summed E-state index contributed by atoms with van der Waals surface area (Å²) in [4.78, 5) is 18.4. The second-order valence-electron chi connectivity index (χ2n) is 8.45. The van der Waals surface area contributed by atoms with Crippen LogP contribution in [0, 0.1) is 6.92 Å². The lowest BCUT2D eigenvalue weighted by atomic mass is 10.0. The third-order valence-electron chi connectivity index (χ3n) is 6.00. The van der Waals surface area contributed by atoms with Crippen molar-refractivity contribution < 1.29 is 4.74 Å². The van der Waals surface area contributed by atoms with Gasteiger partial charge in [-0.3, -0.25) is 4.79 Å². The Kier molecular flexibility index (Phi) is 5.94. The zero-order chi connectivity index (χ0) is 25.5. The quantitative estimate of drug-likeness (QED) is 0.282. The molecule has 3 aromatic carbocycles. The molecule has 0 fully saturated rings. The maximum atomic E-state index is 13.3. The van der Waals surface area contributed by atoms with Crippen molar-refractivity contribution in [3.05, 3.63) is 109 Å². The average Bonchev–Trinajstić information content (AvgIpc) is 3.60. The molecule has 0 atom stereocenters. The Morgan fingerprint density at radius 1 is 0.973 bits per heavy atom. The number of ether oxygens (including phenoxy) is 1. The minimum absolute atomic E-state index is 0.208. The first-order valence-electron chi connectivity index (χ1n) is 11.5. The van der Waals surface area contributed by atoms with Crippen LogP contribution in [0.2, 0.25) is 0 Å². The van der Waals surface area contributed by atoms with Crippen LogP contribution >= 0.6 is 27.3 Å². The van der Waals surface area contributed by atoms with Gasteiger partial charge in [0.05, 0.1) is 17.3 Å². The molecule has 0 amide bonds. The fourth-order valence-electron chi connectivity index (χ4n) is 4.15. The molecule has 37 heavy (non-hydrogen) atoms. The Morgan fingerprint density at radius 2 is 1.73 bits per heavy atom. The van der Waals surface area contributed by atoms with Gasteiger partial charge in [0.2, 0.25) is 4.96 Å². The molecule has 0 N–H and O–H groups in total. The van der Waals surface area contributed by atoms with Gasteiger partial charge in [-0.15, -0.1) is 5.10 Å². The van der Waals surface area contributed by atoms with Crippen LogP contribution in [0.4, 0.5) is 0 Å². The van der Waals surface area contributed by atoms with Crippen molar-refractivity contribution in [3.63, 3.8) is 0 Å². The minimum atomic E-state index is -0.208. The highest BCUT2D eigenvalue weighted by atomic mass is 79.9. The van der Waals surface area contributed by atoms with E-state index in [1.54, 1.807) is 7.11 Å². The van der Waals surface area contributed by atoms with Crippen molar-refractivity contribution in [2.45, 2.75) is 6.92 Å². The van der Waals surface area contributed by atoms with Crippen LogP contribution < -0.4 is 14.8 Å². The van der Waals surface area contributed by atoms with Crippen molar-refractivity contribution in [1.82, 2.24) is 24.4 Å². The first-order chi connectivity index (χ1) is 18.0. The van der Waals surface area contributed by atoms with Gasteiger partial charge in [0.1, 0.15) is 11.4 Å². The van der Waals surface area contributed by atoms with Gasteiger partial charge in [-0.25, -0.2) is 4.68 Å². The van der Waals surface area contributed by atoms with Crippen LogP contribution in [0.5, 0.6) is 5.75 Å². The Bertz CT molecular complexity index is 1860. The maximum absolute atomic E-state index is 13.3. The summed E-state index contributed by atoms with van der Waals surface area (Å²) in [5.41, 5.74) is 5.10. The van der Waals surface area contributed by atoms with Crippen LogP contribution in [-0.2, 0) is 0 Å². The molecule has 3 heterocycles. The summed E-state index contributed by atoms with van der Waals surface area (Å²) >= 11 is 4.75. The largest absolute Gasteiger partial charge is 0.496 e. The zero-order valence-electron chi connectivity index (χ0n) is 19.9. The highest BCUT2D eigenvalue weighted by Crippen LogP contribution is 2.29. The number of benzene rings is 3. The van der Waals surface area contributed by atoms with Gasteiger partial charge >= 0.3 is 0 Å². The SMILES string of the molecule is COc1ccc(-c2nn(-c3ccccc3)cc2/C=c2\sc3nc(-c4ccc(Br)cc4)nn3c2=O)cc1C. The van der Waals surface area contributed by atoms with E-state index in [1.807, 2.05) is 96.7 Å². The maximum Gasteiger partial charge on any atom is 0.291 e. The summed E-state index contributed by atoms with van der Waals surface area (Å²) in [6, 6.07) is 23.5. The number of hydrogen-bond donors (Lipinski definition) is 0. The fraction of sp³-hybridized carbons (Fsp3) is 0.0714. The van der Waals surface area contributed by atoms with Gasteiger partial charge in [-0.2, -0.15) is 14.6 Å². The molecule has 6 rings (SSSR count). The normalized spacial score (nSPS) is 11.9. The van der Waals surface area contributed by atoms with Gasteiger partial charge in [-0.05, 0) is 61.0 Å². The monoisotopic (exact) mass is 569 g/mol. The molecule has 0 aliphatic heterocycles. The third kappa shape index (κ3) is 4.36. The molecule has 6 aromatic rings. The first kappa shape index (κ1) is 23.3. The smallest absolute Gasteiger partial charge is 0.291 e. The van der Waals surface area contributed by atoms with E-state index in [0.717, 1.165) is 43.9 Å². The van der Waals surface area contributed by atoms with E-state index >= 15 is 0 Å². The molecule has 3 aromatic heterocycles. The Morgan fingerprint density at radius 3 is 2.43 bits per heavy atom. The number of aromatic nitrogens is 5. The van der Waals surface area contributed by atoms with Gasteiger partial charge in [0, 0.05) is 27.4 Å². The van der Waals surface area contributed by atoms with Crippen LogP contribution in [0.3, 0.4) is 0 Å². The number of para-hydroxylation sites is 1. The van der Waals surface area contributed by atoms with Gasteiger partial charge < -0.3 is 4.74 Å². The average molecular weight is 570 g/mol. The summed E-state index contributed by atoms with van der Waals surface area (Å²) in [5, 5.41) is 9.35. The predicted molar refractivity (Wildman–Crippen MR) is 149 cm³/mol. The molecule has 9 heteroatoms. The summed E-state index contributed by atoms with van der Waals surface area (Å²) in [6.45, 7) is 2.00. The lowest BCUT2D eigenvalue weighted by Crippen LogP contribution is -2.23. The molecule has 0 saturated heterocycles. The van der Waals surface area contributed by atoms with Crippen LogP contribution in [-0.4, -0.2) is 31.5 Å². The molecule has 0 bridgehead atoms. The van der Waals surface area contributed by atoms with Crippen molar-refractivity contribution >= 4 is 38.3 Å². The number of halogens is 1. The minimum Gasteiger partial charge on any atom is -0.496 e. The highest BCUT2D eigenvalue weighted by Gasteiger charge is 2.16. The van der Waals surface area contributed by atoms with E-state index in [-0.39, 0.29) is 5.56 Å². The van der Waals surface area contributed by atoms with Crippen molar-refractivity contribution in [3.8, 4) is 34.1 Å². The van der Waals surface area contributed by atoms with E-state index in [9.17, 15) is 4.79 Å². The van der Waals surface area contributed by atoms with Crippen LogP contribution in [0.15, 0.2) is 88.3 Å². The Hall–Kier alpha value is -4.08. The summed E-state index contributed by atoms with van der Waals surface area (Å²) in [6.07, 6.45) is 3.80. The number of fused-ring (bicyclic) bond motifs is 1. The molecule has 0 aliphatic rings. The van der Waals surface area contributed by atoms with Crippen molar-refractivity contribution in [1.29, 1.82) is 0 Å². The van der Waals surface area contributed by atoms with E-state index in [0.29, 0.717) is 15.3 Å². The number of hydrogen-bond acceptors (Lipinski definition) is 6. The molecular formula is C28H20BrN5O2S. The van der Waals surface area contributed by atoms with Gasteiger partial charge in [0.25, 0.3) is 5.56 Å². The van der Waals surface area contributed by atoms with E-state index < -0.39 is 0 Å². The molecule has 0 unspecified atom stereocenters. The molecule has 7 nitrogen and oxygen atoms in total. The molecule has 0 saturated carbocycles. The molecule has 182 valence electrons. The number of rotatable bonds is 5. The van der Waals surface area contributed by atoms with Gasteiger partial charge in [-0.1, -0.05) is 57.6 Å². The highest BCUT2D eigenvalue weighted by molar-refractivity contribution is 9.10. The summed E-state index contributed by atoms with van der Waals surface area (Å²) in [7, 11) is 1.66. The summed E-state index contributed by atoms with van der Waals surface area (Å²) in [5.74, 6) is 1.33. The van der Waals surface area contributed by atoms with Gasteiger partial charge in [0.15, 0.2) is 5.82 Å². The predicted octanol–water partition coefficient (Wildman–Crippen LogP) is 5.30. The molecular weight excluding hydrogens is 550 g/mol. The Balaban J connectivity index is 1.48. The lowest BCUT2D eigenvalue weighted by Gasteiger charge is -2.06. The van der Waals surface area contributed by atoms with E-state index in [4.69, 9.17) is 9.84 Å². The first-order valence-corrected chi connectivity index (χ1v) is 13.1. The summed E-state index contributed by atoms with van der Waals surface area (Å²) < 4.78 is 10.1. The van der Waals surface area contributed by atoms with Crippen molar-refractivity contribution in [2.24, 2.45) is 0 Å². The second kappa shape index (κ2) is 9.42. The topological polar surface area (TPSA) is 74.3 Å². The number of thiazole rings is 1. The lowest BCUT2D eigenvalue weighted by molar-refractivity contribution is 0.412. The standard InChI is InChI=1S/C28H20BrN5O2S/c1-17-14-19(10-13-23(17)36-2)25-20(16-33(31-25)22-6-4-3-5-7-22)15-24-27(35)34-28(37-24)30-26(32-34)18-8-11-21(29)12-9-18/h3-16H,1-2H3/b24-15-. The molecule has 0 aliphatic carbocycles. The van der Waals surface area contributed by atoms with E-state index in [1.165, 1.54) is 15.9 Å². The fourth-order valence-corrected chi connectivity index (χ4v) is 5.32. The second-order valence-corrected chi connectivity index (χ2v) is 10.4. The number of aryl methyl sites for hydroxylation is 1. The Labute approximate surface area is 224 Å². The van der Waals surface area contributed by atoms with Crippen molar-refractivity contribution in [2.75, 3.05) is 7.11 Å². The zero-order valence-corrected chi connectivity index (χ0v) is 22.3. The number of nitrogens with zero attached hydrogens (tertiary/aromatic N) is 5. The van der Waals surface area contributed by atoms with Crippen LogP contribution in [0.25, 0.3) is 39.4 Å². The van der Waals surface area contributed by atoms with Crippen LogP contribution in [0.1, 0.15) is 11.1 Å². The third-order valence-corrected chi connectivity index (χ3v) is 7.49. The molecule has 0 radical (unpaired) electrons.